The van der Waals surface area contributed by atoms with E-state index in [1.807, 2.05) is 18.2 Å². The fourth-order valence-electron chi connectivity index (χ4n) is 2.12. The van der Waals surface area contributed by atoms with Crippen LogP contribution >= 0.6 is 27.3 Å². The van der Waals surface area contributed by atoms with Gasteiger partial charge >= 0.3 is 5.97 Å². The van der Waals surface area contributed by atoms with Crippen molar-refractivity contribution in [2.24, 2.45) is 5.92 Å². The summed E-state index contributed by atoms with van der Waals surface area (Å²) in [5, 5.41) is 12.1. The van der Waals surface area contributed by atoms with Crippen molar-refractivity contribution in [3.63, 3.8) is 0 Å². The number of carboxylic acid groups (broad SMARTS) is 1. The van der Waals surface area contributed by atoms with Gasteiger partial charge in [-0.25, -0.2) is 0 Å². The van der Waals surface area contributed by atoms with E-state index in [4.69, 9.17) is 4.74 Å². The molecule has 0 radical (unpaired) electrons. The van der Waals surface area contributed by atoms with E-state index in [9.17, 15) is 14.7 Å². The molecule has 1 heterocycles. The Morgan fingerprint density at radius 3 is 2.65 bits per heavy atom. The largest absolute Gasteiger partial charge is 0.496 e. The van der Waals surface area contributed by atoms with Crippen LogP contribution in [0.15, 0.2) is 40.2 Å². The van der Waals surface area contributed by atoms with Gasteiger partial charge in [0.2, 0.25) is 0 Å². The highest BCUT2D eigenvalue weighted by atomic mass is 79.9. The van der Waals surface area contributed by atoms with Crippen molar-refractivity contribution in [1.82, 2.24) is 5.32 Å². The zero-order valence-electron chi connectivity index (χ0n) is 12.4. The second-order valence-electron chi connectivity index (χ2n) is 4.86. The minimum Gasteiger partial charge on any atom is -0.496 e. The first-order valence-corrected chi connectivity index (χ1v) is 8.50. The van der Waals surface area contributed by atoms with Gasteiger partial charge in [0.1, 0.15) is 5.75 Å². The summed E-state index contributed by atoms with van der Waals surface area (Å²) in [5.74, 6) is -1.30. The molecule has 1 aromatic carbocycles. The summed E-state index contributed by atoms with van der Waals surface area (Å²) in [6.45, 7) is 0.0573. The lowest BCUT2D eigenvalue weighted by molar-refractivity contribution is -0.141. The second kappa shape index (κ2) is 8.12. The van der Waals surface area contributed by atoms with Crippen LogP contribution in [0.3, 0.4) is 0 Å². The van der Waals surface area contributed by atoms with E-state index in [-0.39, 0.29) is 18.9 Å². The number of rotatable bonds is 7. The Labute approximate surface area is 146 Å². The molecule has 23 heavy (non-hydrogen) atoms. The van der Waals surface area contributed by atoms with Crippen molar-refractivity contribution >= 4 is 39.1 Å². The summed E-state index contributed by atoms with van der Waals surface area (Å²) in [6.07, 6.45) is 0.285. The minimum absolute atomic E-state index is 0.0573. The average Bonchev–Trinajstić information content (AvgIpc) is 2.97. The van der Waals surface area contributed by atoms with Gasteiger partial charge in [0.15, 0.2) is 0 Å². The van der Waals surface area contributed by atoms with Crippen LogP contribution in [0, 0.1) is 5.92 Å². The molecule has 1 unspecified atom stereocenters. The monoisotopic (exact) mass is 397 g/mol. The fraction of sp³-hybridized carbons (Fsp3) is 0.250. The number of hydrogen-bond acceptors (Lipinski definition) is 4. The first-order chi connectivity index (χ1) is 11.0. The number of hydrogen-bond donors (Lipinski definition) is 2. The normalized spacial score (nSPS) is 11.7. The summed E-state index contributed by atoms with van der Waals surface area (Å²) < 4.78 is 6.09. The molecule has 7 heteroatoms. The van der Waals surface area contributed by atoms with Crippen LogP contribution in [0.25, 0.3) is 0 Å². The number of carbonyl (C=O) groups excluding carboxylic acids is 1. The quantitative estimate of drug-likeness (QED) is 0.751. The molecule has 122 valence electrons. The lowest BCUT2D eigenvalue weighted by Gasteiger charge is -2.15. The zero-order chi connectivity index (χ0) is 16.8. The number of methoxy groups -OCH3 is 1. The molecule has 0 saturated heterocycles. The van der Waals surface area contributed by atoms with Crippen LogP contribution in [0.1, 0.15) is 15.2 Å². The third kappa shape index (κ3) is 4.80. The summed E-state index contributed by atoms with van der Waals surface area (Å²) in [6, 6.07) is 10.7. The summed E-state index contributed by atoms with van der Waals surface area (Å²) in [4.78, 5) is 24.0. The van der Waals surface area contributed by atoms with E-state index < -0.39 is 11.9 Å². The third-order valence-corrected chi connectivity index (χ3v) is 4.94. The highest BCUT2D eigenvalue weighted by Gasteiger charge is 2.21. The van der Waals surface area contributed by atoms with E-state index in [2.05, 4.69) is 21.2 Å². The highest BCUT2D eigenvalue weighted by Crippen LogP contribution is 2.23. The topological polar surface area (TPSA) is 75.6 Å². The molecule has 0 aliphatic rings. The molecular formula is C16H16BrNO4S. The maximum Gasteiger partial charge on any atom is 0.308 e. The third-order valence-electron chi connectivity index (χ3n) is 3.31. The number of carboxylic acids is 1. The smallest absolute Gasteiger partial charge is 0.308 e. The van der Waals surface area contributed by atoms with Gasteiger partial charge in [-0.15, -0.1) is 11.3 Å². The number of carbonyl (C=O) groups is 2. The molecule has 1 aromatic heterocycles. The minimum atomic E-state index is -0.955. The van der Waals surface area contributed by atoms with E-state index in [0.29, 0.717) is 10.6 Å². The van der Waals surface area contributed by atoms with Gasteiger partial charge in [-0.3, -0.25) is 9.59 Å². The molecule has 0 saturated carbocycles. The number of aliphatic carboxylic acids is 1. The van der Waals surface area contributed by atoms with Crippen LogP contribution in [0.4, 0.5) is 0 Å². The van der Waals surface area contributed by atoms with E-state index in [0.717, 1.165) is 9.35 Å². The standard InChI is InChI=1S/C16H16BrNO4S/c1-22-12-5-3-2-4-10(12)8-11(16(20)21)9-18-15(19)13-6-7-14(17)23-13/h2-7,11H,8-9H2,1H3,(H,18,19)(H,20,21). The Bertz CT molecular complexity index is 701. The Hall–Kier alpha value is -1.86. The Balaban J connectivity index is 2.02. The van der Waals surface area contributed by atoms with E-state index in [1.165, 1.54) is 11.3 Å². The molecule has 2 N–H and O–H groups in total. The first-order valence-electron chi connectivity index (χ1n) is 6.89. The Morgan fingerprint density at radius 1 is 1.30 bits per heavy atom. The lowest BCUT2D eigenvalue weighted by Crippen LogP contribution is -2.33. The molecule has 0 bridgehead atoms. The molecule has 2 aromatic rings. The molecule has 1 amide bonds. The van der Waals surface area contributed by atoms with Crippen LogP contribution in [-0.2, 0) is 11.2 Å². The van der Waals surface area contributed by atoms with Crippen LogP contribution in [0.5, 0.6) is 5.75 Å². The van der Waals surface area contributed by atoms with Gasteiger partial charge < -0.3 is 15.2 Å². The fourth-order valence-corrected chi connectivity index (χ4v) is 3.43. The number of nitrogens with one attached hydrogen (secondary N) is 1. The van der Waals surface area contributed by atoms with Crippen molar-refractivity contribution in [3.05, 3.63) is 50.6 Å². The molecule has 0 aliphatic carbocycles. The maximum absolute atomic E-state index is 12.0. The van der Waals surface area contributed by atoms with E-state index >= 15 is 0 Å². The van der Waals surface area contributed by atoms with Crippen LogP contribution in [-0.4, -0.2) is 30.6 Å². The number of ether oxygens (including phenoxy) is 1. The molecule has 0 spiro atoms. The number of para-hydroxylation sites is 1. The Kier molecular flexibility index (Phi) is 6.18. The van der Waals surface area contributed by atoms with Gasteiger partial charge in [0.25, 0.3) is 5.91 Å². The van der Waals surface area contributed by atoms with Gasteiger partial charge in [0, 0.05) is 6.54 Å². The molecule has 5 nitrogen and oxygen atoms in total. The molecular weight excluding hydrogens is 382 g/mol. The van der Waals surface area contributed by atoms with Gasteiger partial charge in [0.05, 0.1) is 21.7 Å². The van der Waals surface area contributed by atoms with Crippen LogP contribution < -0.4 is 10.1 Å². The van der Waals surface area contributed by atoms with Crippen molar-refractivity contribution in [3.8, 4) is 5.75 Å². The van der Waals surface area contributed by atoms with Gasteiger partial charge in [-0.05, 0) is 46.1 Å². The van der Waals surface area contributed by atoms with Gasteiger partial charge in [-0.1, -0.05) is 18.2 Å². The number of benzene rings is 1. The van der Waals surface area contributed by atoms with Crippen LogP contribution in [0.2, 0.25) is 0 Å². The number of amides is 1. The number of halogens is 1. The summed E-state index contributed by atoms with van der Waals surface area (Å²) >= 11 is 4.60. The maximum atomic E-state index is 12.0. The van der Waals surface area contributed by atoms with E-state index in [1.54, 1.807) is 25.3 Å². The van der Waals surface area contributed by atoms with Crippen molar-refractivity contribution in [1.29, 1.82) is 0 Å². The predicted octanol–water partition coefficient (Wildman–Crippen LogP) is 3.19. The Morgan fingerprint density at radius 2 is 2.04 bits per heavy atom. The van der Waals surface area contributed by atoms with Crippen molar-refractivity contribution in [2.75, 3.05) is 13.7 Å². The second-order valence-corrected chi connectivity index (χ2v) is 7.33. The predicted molar refractivity (Wildman–Crippen MR) is 92.2 cm³/mol. The molecule has 2 rings (SSSR count). The summed E-state index contributed by atoms with van der Waals surface area (Å²) in [7, 11) is 1.55. The first kappa shape index (κ1) is 17.5. The van der Waals surface area contributed by atoms with Crippen molar-refractivity contribution < 1.29 is 19.4 Å². The molecule has 1 atom stereocenters. The molecule has 0 aliphatic heterocycles. The van der Waals surface area contributed by atoms with Gasteiger partial charge in [-0.2, -0.15) is 0 Å². The van der Waals surface area contributed by atoms with Crippen molar-refractivity contribution in [2.45, 2.75) is 6.42 Å². The highest BCUT2D eigenvalue weighted by molar-refractivity contribution is 9.11. The summed E-state index contributed by atoms with van der Waals surface area (Å²) in [5.41, 5.74) is 0.801. The zero-order valence-corrected chi connectivity index (χ0v) is 14.8. The number of thiophene rings is 1. The SMILES string of the molecule is COc1ccccc1CC(CNC(=O)c1ccc(Br)s1)C(=O)O. The molecule has 0 fully saturated rings. The lowest BCUT2D eigenvalue weighted by atomic mass is 9.98. The average molecular weight is 398 g/mol.